The summed E-state index contributed by atoms with van der Waals surface area (Å²) >= 11 is 0. The van der Waals surface area contributed by atoms with Crippen LogP contribution in [0.2, 0.25) is 0 Å². The van der Waals surface area contributed by atoms with Gasteiger partial charge in [-0.1, -0.05) is 6.07 Å². The first-order chi connectivity index (χ1) is 13.7. The molecule has 156 valence electrons. The maximum Gasteiger partial charge on any atom is 0.254 e. The Kier molecular flexibility index (Phi) is 5.18. The van der Waals surface area contributed by atoms with Gasteiger partial charge < -0.3 is 9.64 Å². The summed E-state index contributed by atoms with van der Waals surface area (Å²) in [5.41, 5.74) is 0.352. The van der Waals surface area contributed by atoms with Crippen molar-refractivity contribution in [1.29, 1.82) is 0 Å². The van der Waals surface area contributed by atoms with Gasteiger partial charge in [0, 0.05) is 25.2 Å². The second-order valence-electron chi connectivity index (χ2n) is 7.63. The van der Waals surface area contributed by atoms with E-state index < -0.39 is 10.0 Å². The summed E-state index contributed by atoms with van der Waals surface area (Å²) < 4.78 is 35.1. The Morgan fingerprint density at radius 2 is 1.90 bits per heavy atom. The fourth-order valence-corrected chi connectivity index (χ4v) is 5.52. The van der Waals surface area contributed by atoms with Gasteiger partial charge in [-0.15, -0.1) is 0 Å². The van der Waals surface area contributed by atoms with Crippen LogP contribution in [0.5, 0.6) is 0 Å². The standard InChI is InChI=1S/C19H25N5O4S/c1-13-10-23(11-14(2)28-13)29(26,27)17-6-4-5-16(9-17)19(25)22-7-8-24-18(12-22)20-15(3)21-24/h4-6,9,13-14H,7-8,10-12H2,1-3H3/t13-,14-/m1/s1. The fourth-order valence-electron chi connectivity index (χ4n) is 3.88. The van der Waals surface area contributed by atoms with Crippen LogP contribution in [0, 0.1) is 6.92 Å². The first kappa shape index (κ1) is 20.0. The van der Waals surface area contributed by atoms with Gasteiger partial charge in [-0.05, 0) is 39.0 Å². The molecule has 9 nitrogen and oxygen atoms in total. The maximum absolute atomic E-state index is 13.1. The van der Waals surface area contributed by atoms with E-state index in [0.29, 0.717) is 44.1 Å². The van der Waals surface area contributed by atoms with Gasteiger partial charge in [0.05, 0.1) is 30.2 Å². The van der Waals surface area contributed by atoms with E-state index in [1.54, 1.807) is 21.7 Å². The second-order valence-corrected chi connectivity index (χ2v) is 9.57. The molecule has 10 heteroatoms. The van der Waals surface area contributed by atoms with Crippen LogP contribution in [0.3, 0.4) is 0 Å². The van der Waals surface area contributed by atoms with Crippen molar-refractivity contribution in [2.75, 3.05) is 19.6 Å². The molecule has 29 heavy (non-hydrogen) atoms. The molecule has 4 rings (SSSR count). The molecule has 3 heterocycles. The van der Waals surface area contributed by atoms with Gasteiger partial charge in [0.25, 0.3) is 5.91 Å². The Balaban J connectivity index is 1.56. The van der Waals surface area contributed by atoms with Crippen molar-refractivity contribution in [3.05, 3.63) is 41.5 Å². The molecule has 0 unspecified atom stereocenters. The molecule has 1 fully saturated rings. The van der Waals surface area contributed by atoms with Gasteiger partial charge in [-0.2, -0.15) is 9.40 Å². The zero-order chi connectivity index (χ0) is 20.8. The van der Waals surface area contributed by atoms with Crippen molar-refractivity contribution in [3.63, 3.8) is 0 Å². The van der Waals surface area contributed by atoms with Crippen molar-refractivity contribution in [1.82, 2.24) is 24.0 Å². The van der Waals surface area contributed by atoms with Crippen LogP contribution in [0.1, 0.15) is 35.9 Å². The topological polar surface area (TPSA) is 97.6 Å². The molecule has 0 spiro atoms. The van der Waals surface area contributed by atoms with E-state index in [1.807, 2.05) is 20.8 Å². The summed E-state index contributed by atoms with van der Waals surface area (Å²) in [6.45, 7) is 7.56. The minimum absolute atomic E-state index is 0.126. The molecule has 0 bridgehead atoms. The van der Waals surface area contributed by atoms with E-state index >= 15 is 0 Å². The van der Waals surface area contributed by atoms with Gasteiger partial charge in [0.15, 0.2) is 0 Å². The summed E-state index contributed by atoms with van der Waals surface area (Å²) in [6.07, 6.45) is -0.347. The predicted octanol–water partition coefficient (Wildman–Crippen LogP) is 1.04. The van der Waals surface area contributed by atoms with Gasteiger partial charge in [0.1, 0.15) is 11.6 Å². The average Bonchev–Trinajstić information content (AvgIpc) is 3.06. The third kappa shape index (κ3) is 3.92. The lowest BCUT2D eigenvalue weighted by atomic mass is 10.2. The van der Waals surface area contributed by atoms with Gasteiger partial charge >= 0.3 is 0 Å². The maximum atomic E-state index is 13.1. The molecule has 2 atom stereocenters. The van der Waals surface area contributed by atoms with Crippen molar-refractivity contribution >= 4 is 15.9 Å². The first-order valence-electron chi connectivity index (χ1n) is 9.69. The number of carbonyl (C=O) groups excluding carboxylic acids is 1. The highest BCUT2D eigenvalue weighted by Crippen LogP contribution is 2.23. The number of rotatable bonds is 3. The smallest absolute Gasteiger partial charge is 0.254 e. The van der Waals surface area contributed by atoms with Crippen molar-refractivity contribution in [3.8, 4) is 0 Å². The van der Waals surface area contributed by atoms with E-state index in [9.17, 15) is 13.2 Å². The van der Waals surface area contributed by atoms with Gasteiger partial charge in [-0.25, -0.2) is 18.1 Å². The van der Waals surface area contributed by atoms with Crippen LogP contribution in [0.15, 0.2) is 29.2 Å². The lowest BCUT2D eigenvalue weighted by Crippen LogP contribution is -2.48. The highest BCUT2D eigenvalue weighted by Gasteiger charge is 2.33. The molecule has 1 saturated heterocycles. The molecule has 2 aliphatic rings. The van der Waals surface area contributed by atoms with E-state index in [-0.39, 0.29) is 23.0 Å². The van der Waals surface area contributed by atoms with Crippen LogP contribution in [-0.4, -0.2) is 70.1 Å². The Hall–Kier alpha value is -2.30. The number of sulfonamides is 1. The quantitative estimate of drug-likeness (QED) is 0.737. The summed E-state index contributed by atoms with van der Waals surface area (Å²) in [6, 6.07) is 6.26. The monoisotopic (exact) mass is 419 g/mol. The molecule has 0 radical (unpaired) electrons. The van der Waals surface area contributed by atoms with Crippen molar-refractivity contribution < 1.29 is 17.9 Å². The number of aryl methyl sites for hydroxylation is 1. The largest absolute Gasteiger partial charge is 0.373 e. The van der Waals surface area contributed by atoms with Crippen molar-refractivity contribution in [2.24, 2.45) is 0 Å². The van der Waals surface area contributed by atoms with Crippen LogP contribution >= 0.6 is 0 Å². The third-order valence-electron chi connectivity index (χ3n) is 5.16. The Morgan fingerprint density at radius 1 is 1.17 bits per heavy atom. The zero-order valence-electron chi connectivity index (χ0n) is 16.8. The average molecular weight is 420 g/mol. The summed E-state index contributed by atoms with van der Waals surface area (Å²) in [4.78, 5) is 19.2. The van der Waals surface area contributed by atoms with Crippen molar-refractivity contribution in [2.45, 2.75) is 51.0 Å². The minimum Gasteiger partial charge on any atom is -0.373 e. The summed E-state index contributed by atoms with van der Waals surface area (Å²) in [7, 11) is -3.70. The Labute approximate surface area is 170 Å². The number of hydrogen-bond acceptors (Lipinski definition) is 6. The number of aromatic nitrogens is 3. The number of morpholine rings is 1. The number of amides is 1. The number of ether oxygens (including phenoxy) is 1. The van der Waals surface area contributed by atoms with Crippen LogP contribution in [0.25, 0.3) is 0 Å². The first-order valence-corrected chi connectivity index (χ1v) is 11.1. The molecule has 1 aromatic heterocycles. The van der Waals surface area contributed by atoms with E-state index in [0.717, 1.165) is 5.82 Å². The second kappa shape index (κ2) is 7.51. The van der Waals surface area contributed by atoms with E-state index in [4.69, 9.17) is 4.74 Å². The lowest BCUT2D eigenvalue weighted by Gasteiger charge is -2.34. The van der Waals surface area contributed by atoms with Crippen LogP contribution < -0.4 is 0 Å². The number of hydrogen-bond donors (Lipinski definition) is 0. The Morgan fingerprint density at radius 3 is 2.62 bits per heavy atom. The van der Waals surface area contributed by atoms with Crippen LogP contribution in [-0.2, 0) is 27.8 Å². The molecule has 0 N–H and O–H groups in total. The molecular formula is C19H25N5O4S. The number of fused-ring (bicyclic) bond motifs is 1. The molecule has 0 aliphatic carbocycles. The highest BCUT2D eigenvalue weighted by molar-refractivity contribution is 7.89. The van der Waals surface area contributed by atoms with Gasteiger partial charge in [-0.3, -0.25) is 4.79 Å². The minimum atomic E-state index is -3.70. The summed E-state index contributed by atoms with van der Waals surface area (Å²) in [5, 5.41) is 4.30. The zero-order valence-corrected chi connectivity index (χ0v) is 17.6. The van der Waals surface area contributed by atoms with Gasteiger partial charge in [0.2, 0.25) is 10.0 Å². The molecular weight excluding hydrogens is 394 g/mol. The predicted molar refractivity (Wildman–Crippen MR) is 105 cm³/mol. The molecule has 1 amide bonds. The number of carbonyl (C=O) groups is 1. The van der Waals surface area contributed by atoms with Crippen LogP contribution in [0.4, 0.5) is 0 Å². The Bertz CT molecular complexity index is 1020. The number of benzene rings is 1. The summed E-state index contributed by atoms with van der Waals surface area (Å²) in [5.74, 6) is 1.20. The van der Waals surface area contributed by atoms with E-state index in [1.165, 1.54) is 16.4 Å². The molecule has 0 saturated carbocycles. The molecule has 2 aromatic rings. The fraction of sp³-hybridized carbons (Fsp3) is 0.526. The lowest BCUT2D eigenvalue weighted by molar-refractivity contribution is -0.0440. The normalized spacial score (nSPS) is 23.1. The van der Waals surface area contributed by atoms with E-state index in [2.05, 4.69) is 10.1 Å². The SMILES string of the molecule is Cc1nc2n(n1)CCN(C(=O)c1cccc(S(=O)(=O)N3C[C@@H](C)O[C@H](C)C3)c1)C2. The molecule has 2 aliphatic heterocycles. The highest BCUT2D eigenvalue weighted by atomic mass is 32.2. The third-order valence-corrected chi connectivity index (χ3v) is 6.99. The molecule has 1 aromatic carbocycles. The number of nitrogens with zero attached hydrogens (tertiary/aromatic N) is 5.